The molecular formula is C17H15F3N4O2. The van der Waals surface area contributed by atoms with Crippen molar-refractivity contribution in [2.24, 2.45) is 5.73 Å². The van der Waals surface area contributed by atoms with Gasteiger partial charge in [-0.1, -0.05) is 12.1 Å². The number of allylic oxidation sites excluding steroid dienone is 1. The molecule has 0 spiro atoms. The van der Waals surface area contributed by atoms with Crippen molar-refractivity contribution in [3.05, 3.63) is 59.1 Å². The number of carbonyl (C=O) groups excluding carboxylic acids is 2. The summed E-state index contributed by atoms with van der Waals surface area (Å²) in [4.78, 5) is 25.4. The fourth-order valence-corrected chi connectivity index (χ4v) is 2.90. The molecule has 2 N–H and O–H groups in total. The summed E-state index contributed by atoms with van der Waals surface area (Å²) >= 11 is 0. The zero-order chi connectivity index (χ0) is 19.1. The lowest BCUT2D eigenvalue weighted by molar-refractivity contribution is -0.142. The van der Waals surface area contributed by atoms with Gasteiger partial charge in [-0.3, -0.25) is 9.59 Å². The molecule has 1 aliphatic heterocycles. The number of nitrogens with zero attached hydrogens (tertiary/aromatic N) is 3. The van der Waals surface area contributed by atoms with Crippen molar-refractivity contribution >= 4 is 11.8 Å². The number of halogens is 3. The van der Waals surface area contributed by atoms with E-state index >= 15 is 0 Å². The maximum atomic E-state index is 13.4. The van der Waals surface area contributed by atoms with Gasteiger partial charge in [-0.25, -0.2) is 4.68 Å². The quantitative estimate of drug-likeness (QED) is 0.909. The van der Waals surface area contributed by atoms with Crippen LogP contribution in [0, 0.1) is 0 Å². The maximum Gasteiger partial charge on any atom is 0.435 e. The first-order valence-electron chi connectivity index (χ1n) is 7.77. The highest BCUT2D eigenvalue weighted by atomic mass is 19.4. The molecule has 0 aliphatic carbocycles. The van der Waals surface area contributed by atoms with E-state index in [0.717, 1.165) is 4.68 Å². The van der Waals surface area contributed by atoms with E-state index in [4.69, 9.17) is 5.73 Å². The third-order valence-electron chi connectivity index (χ3n) is 4.02. The normalized spacial score (nSPS) is 14.8. The van der Waals surface area contributed by atoms with Gasteiger partial charge in [0.2, 0.25) is 5.91 Å². The smallest absolute Gasteiger partial charge is 0.366 e. The number of carbonyl (C=O) groups is 2. The largest absolute Gasteiger partial charge is 0.435 e. The number of benzene rings is 1. The third kappa shape index (κ3) is 2.96. The Morgan fingerprint density at radius 3 is 2.69 bits per heavy atom. The summed E-state index contributed by atoms with van der Waals surface area (Å²) in [5, 5.41) is 3.65. The van der Waals surface area contributed by atoms with E-state index in [9.17, 15) is 22.8 Å². The second-order valence-corrected chi connectivity index (χ2v) is 5.73. The molecular weight excluding hydrogens is 349 g/mol. The van der Waals surface area contributed by atoms with Gasteiger partial charge in [0.05, 0.1) is 5.69 Å². The molecule has 9 heteroatoms. The number of fused-ring (bicyclic) bond motifs is 1. The van der Waals surface area contributed by atoms with E-state index in [2.05, 4.69) is 5.10 Å². The molecule has 26 heavy (non-hydrogen) atoms. The Hall–Kier alpha value is -3.10. The predicted octanol–water partition coefficient (Wildman–Crippen LogP) is 2.52. The standard InChI is InChI=1S/C17H15F3N4O2/c1-2-7-23-8-6-12-13(16(23)26)24(22-14(12)17(18,19)20)11-5-3-4-10(9-11)15(21)25/h2-5,7,9H,6,8H2,1H3,(H2,21,25)/b7-2+. The van der Waals surface area contributed by atoms with Crippen LogP contribution in [0.4, 0.5) is 13.2 Å². The molecule has 1 aromatic heterocycles. The van der Waals surface area contributed by atoms with Gasteiger partial charge in [-0.05, 0) is 31.5 Å². The van der Waals surface area contributed by atoms with Crippen LogP contribution in [0.3, 0.4) is 0 Å². The van der Waals surface area contributed by atoms with Crippen LogP contribution in [0.1, 0.15) is 39.0 Å². The molecule has 2 aromatic rings. The Bertz CT molecular complexity index is 915. The van der Waals surface area contributed by atoms with E-state index in [-0.39, 0.29) is 35.5 Å². The number of rotatable bonds is 3. The highest BCUT2D eigenvalue weighted by Gasteiger charge is 2.42. The van der Waals surface area contributed by atoms with Crippen LogP contribution in [0.25, 0.3) is 5.69 Å². The second-order valence-electron chi connectivity index (χ2n) is 5.73. The molecule has 0 bridgehead atoms. The van der Waals surface area contributed by atoms with Gasteiger partial charge < -0.3 is 10.6 Å². The average molecular weight is 364 g/mol. The lowest BCUT2D eigenvalue weighted by Crippen LogP contribution is -2.35. The zero-order valence-electron chi connectivity index (χ0n) is 13.7. The average Bonchev–Trinajstić information content (AvgIpc) is 2.98. The topological polar surface area (TPSA) is 81.2 Å². The van der Waals surface area contributed by atoms with Crippen LogP contribution in [-0.4, -0.2) is 33.0 Å². The van der Waals surface area contributed by atoms with Gasteiger partial charge in [0.15, 0.2) is 5.69 Å². The van der Waals surface area contributed by atoms with Gasteiger partial charge in [0.25, 0.3) is 5.91 Å². The van der Waals surface area contributed by atoms with Crippen molar-refractivity contribution in [3.8, 4) is 5.69 Å². The monoisotopic (exact) mass is 364 g/mol. The summed E-state index contributed by atoms with van der Waals surface area (Å²) in [5.74, 6) is -1.32. The Morgan fingerprint density at radius 1 is 1.35 bits per heavy atom. The summed E-state index contributed by atoms with van der Waals surface area (Å²) in [6.45, 7) is 1.84. The van der Waals surface area contributed by atoms with Gasteiger partial charge in [-0.15, -0.1) is 0 Å². The molecule has 0 saturated carbocycles. The number of primary amides is 1. The first-order chi connectivity index (χ1) is 12.2. The third-order valence-corrected chi connectivity index (χ3v) is 4.02. The number of hydrogen-bond acceptors (Lipinski definition) is 3. The van der Waals surface area contributed by atoms with Crippen molar-refractivity contribution in [1.29, 1.82) is 0 Å². The van der Waals surface area contributed by atoms with E-state index in [0.29, 0.717) is 0 Å². The summed E-state index contributed by atoms with van der Waals surface area (Å²) in [5.41, 5.74) is 4.09. The summed E-state index contributed by atoms with van der Waals surface area (Å²) < 4.78 is 41.1. The number of amides is 2. The lowest BCUT2D eigenvalue weighted by Gasteiger charge is -2.24. The molecule has 3 rings (SSSR count). The van der Waals surface area contributed by atoms with Crippen LogP contribution in [-0.2, 0) is 12.6 Å². The first kappa shape index (κ1) is 17.7. The van der Waals surface area contributed by atoms with Crippen molar-refractivity contribution in [2.75, 3.05) is 6.54 Å². The van der Waals surface area contributed by atoms with E-state index < -0.39 is 23.7 Å². The number of nitrogens with two attached hydrogens (primary N) is 1. The van der Waals surface area contributed by atoms with Crippen LogP contribution in [0.5, 0.6) is 0 Å². The number of hydrogen-bond donors (Lipinski definition) is 1. The van der Waals surface area contributed by atoms with Gasteiger partial charge >= 0.3 is 6.18 Å². The molecule has 1 aromatic carbocycles. The minimum Gasteiger partial charge on any atom is -0.366 e. The highest BCUT2D eigenvalue weighted by molar-refractivity contribution is 5.97. The van der Waals surface area contributed by atoms with Crippen molar-refractivity contribution < 1.29 is 22.8 Å². The Morgan fingerprint density at radius 2 is 2.08 bits per heavy atom. The zero-order valence-corrected chi connectivity index (χ0v) is 13.7. The summed E-state index contributed by atoms with van der Waals surface area (Å²) in [6.07, 6.45) is -1.53. The number of alkyl halides is 3. The van der Waals surface area contributed by atoms with Crippen LogP contribution in [0.15, 0.2) is 36.5 Å². The SMILES string of the molecule is C/C=C/N1CCc2c(C(F)(F)F)nn(-c3cccc(C(N)=O)c3)c2C1=O. The first-order valence-corrected chi connectivity index (χ1v) is 7.77. The fraction of sp³-hybridized carbons (Fsp3) is 0.235. The van der Waals surface area contributed by atoms with Crippen molar-refractivity contribution in [2.45, 2.75) is 19.5 Å². The Balaban J connectivity index is 2.24. The van der Waals surface area contributed by atoms with Gasteiger partial charge in [0, 0.05) is 23.9 Å². The maximum absolute atomic E-state index is 13.4. The Labute approximate surface area is 146 Å². The van der Waals surface area contributed by atoms with Crippen LogP contribution >= 0.6 is 0 Å². The molecule has 0 fully saturated rings. The number of aromatic nitrogens is 2. The van der Waals surface area contributed by atoms with Gasteiger partial charge in [-0.2, -0.15) is 18.3 Å². The molecule has 0 saturated heterocycles. The van der Waals surface area contributed by atoms with Crippen LogP contribution in [0.2, 0.25) is 0 Å². The molecule has 1 aliphatic rings. The lowest BCUT2D eigenvalue weighted by atomic mass is 10.0. The van der Waals surface area contributed by atoms with Crippen molar-refractivity contribution in [3.63, 3.8) is 0 Å². The highest BCUT2D eigenvalue weighted by Crippen LogP contribution is 2.36. The van der Waals surface area contributed by atoms with E-state index in [1.165, 1.54) is 35.4 Å². The minimum atomic E-state index is -4.69. The molecule has 136 valence electrons. The van der Waals surface area contributed by atoms with E-state index in [1.807, 2.05) is 0 Å². The van der Waals surface area contributed by atoms with Gasteiger partial charge in [0.1, 0.15) is 5.69 Å². The molecule has 6 nitrogen and oxygen atoms in total. The van der Waals surface area contributed by atoms with Crippen LogP contribution < -0.4 is 5.73 Å². The predicted molar refractivity (Wildman–Crippen MR) is 86.6 cm³/mol. The summed E-state index contributed by atoms with van der Waals surface area (Å²) in [6, 6.07) is 5.66. The second kappa shape index (κ2) is 6.32. The molecule has 0 atom stereocenters. The molecule has 0 unspecified atom stereocenters. The molecule has 2 amide bonds. The molecule has 0 radical (unpaired) electrons. The minimum absolute atomic E-state index is 0.0236. The Kier molecular flexibility index (Phi) is 4.31. The molecule has 2 heterocycles. The van der Waals surface area contributed by atoms with Crippen molar-refractivity contribution in [1.82, 2.24) is 14.7 Å². The fourth-order valence-electron chi connectivity index (χ4n) is 2.90. The van der Waals surface area contributed by atoms with E-state index in [1.54, 1.807) is 13.0 Å². The summed E-state index contributed by atoms with van der Waals surface area (Å²) in [7, 11) is 0.